The Morgan fingerprint density at radius 3 is 2.24 bits per heavy atom. The topological polar surface area (TPSA) is 183 Å². The molecule has 5 atom stereocenters. The molecule has 176 valence electrons. The van der Waals surface area contributed by atoms with Crippen LogP contribution in [0.25, 0.3) is 0 Å². The Morgan fingerprint density at radius 2 is 1.61 bits per heavy atom. The fourth-order valence-corrected chi connectivity index (χ4v) is 4.07. The summed E-state index contributed by atoms with van der Waals surface area (Å²) in [5.41, 5.74) is -1.21. The summed E-state index contributed by atoms with van der Waals surface area (Å²) in [7, 11) is 1.32. The molecule has 0 radical (unpaired) electrons. The van der Waals surface area contributed by atoms with Crippen LogP contribution < -0.4 is 9.47 Å². The molecule has 0 amide bonds. The van der Waals surface area contributed by atoms with Gasteiger partial charge in [-0.1, -0.05) is 12.1 Å². The van der Waals surface area contributed by atoms with Gasteiger partial charge in [0.2, 0.25) is 12.1 Å². The predicted octanol–water partition coefficient (Wildman–Crippen LogP) is -0.631. The summed E-state index contributed by atoms with van der Waals surface area (Å²) in [5, 5.41) is 61.1. The van der Waals surface area contributed by atoms with Gasteiger partial charge in [0.05, 0.1) is 30.4 Å². The second-order valence-electron chi connectivity index (χ2n) is 7.76. The van der Waals surface area contributed by atoms with Crippen LogP contribution in [0.3, 0.4) is 0 Å². The van der Waals surface area contributed by atoms with Crippen molar-refractivity contribution in [3.05, 3.63) is 46.0 Å². The molecule has 0 saturated carbocycles. The van der Waals surface area contributed by atoms with Crippen LogP contribution in [0.15, 0.2) is 18.2 Å². The predicted molar refractivity (Wildman–Crippen MR) is 109 cm³/mol. The zero-order valence-electron chi connectivity index (χ0n) is 17.6. The zero-order valence-corrected chi connectivity index (χ0v) is 17.6. The van der Waals surface area contributed by atoms with Gasteiger partial charge in [-0.25, -0.2) is 0 Å². The lowest BCUT2D eigenvalue weighted by molar-refractivity contribution is -0.277. The maximum absolute atomic E-state index is 13.2. The molecule has 0 unspecified atom stereocenters. The normalized spacial score (nSPS) is 26.5. The number of phenols is 2. The average Bonchev–Trinajstić information content (AvgIpc) is 2.81. The van der Waals surface area contributed by atoms with Crippen molar-refractivity contribution in [3.63, 3.8) is 0 Å². The summed E-state index contributed by atoms with van der Waals surface area (Å²) in [5.74, 6) is -3.31. The first-order chi connectivity index (χ1) is 15.6. The summed E-state index contributed by atoms with van der Waals surface area (Å²) < 4.78 is 15.9. The van der Waals surface area contributed by atoms with E-state index in [9.17, 15) is 40.2 Å². The number of aliphatic hydroxyl groups excluding tert-OH is 4. The molecule has 0 spiro atoms. The molecule has 1 saturated heterocycles. The van der Waals surface area contributed by atoms with Crippen LogP contribution in [0, 0.1) is 6.92 Å². The zero-order chi connectivity index (χ0) is 24.2. The van der Waals surface area contributed by atoms with E-state index in [0.29, 0.717) is 0 Å². The van der Waals surface area contributed by atoms with Crippen molar-refractivity contribution in [2.75, 3.05) is 13.7 Å². The van der Waals surface area contributed by atoms with E-state index in [1.165, 1.54) is 32.2 Å². The van der Waals surface area contributed by atoms with Crippen LogP contribution in [0.1, 0.15) is 37.4 Å². The number of hydrogen-bond donors (Lipinski definition) is 6. The van der Waals surface area contributed by atoms with E-state index >= 15 is 0 Å². The summed E-state index contributed by atoms with van der Waals surface area (Å²) in [6.45, 7) is 0.584. The van der Waals surface area contributed by atoms with E-state index in [-0.39, 0.29) is 22.4 Å². The smallest absolute Gasteiger partial charge is 0.229 e. The molecule has 2 aromatic carbocycles. The van der Waals surface area contributed by atoms with Crippen molar-refractivity contribution < 1.29 is 54.4 Å². The van der Waals surface area contributed by atoms with Gasteiger partial charge in [-0.3, -0.25) is 9.59 Å². The second-order valence-corrected chi connectivity index (χ2v) is 7.76. The van der Waals surface area contributed by atoms with Crippen LogP contribution in [-0.2, 0) is 4.74 Å². The van der Waals surface area contributed by atoms with Crippen LogP contribution >= 0.6 is 0 Å². The molecule has 1 fully saturated rings. The van der Waals surface area contributed by atoms with Crippen molar-refractivity contribution in [1.29, 1.82) is 0 Å². The average molecular weight is 462 g/mol. The third-order valence-electron chi connectivity index (χ3n) is 5.89. The molecule has 0 aromatic heterocycles. The third-order valence-corrected chi connectivity index (χ3v) is 5.89. The van der Waals surface area contributed by atoms with E-state index in [2.05, 4.69) is 0 Å². The number of rotatable bonds is 4. The Kier molecular flexibility index (Phi) is 5.76. The van der Waals surface area contributed by atoms with Gasteiger partial charge in [0.1, 0.15) is 35.9 Å². The van der Waals surface area contributed by atoms with Crippen LogP contribution in [-0.4, -0.2) is 86.6 Å². The lowest BCUT2D eigenvalue weighted by atomic mass is 9.81. The molecule has 1 aliphatic carbocycles. The Balaban J connectivity index is 1.82. The highest BCUT2D eigenvalue weighted by molar-refractivity contribution is 6.31. The van der Waals surface area contributed by atoms with Gasteiger partial charge in [0, 0.05) is 11.1 Å². The van der Waals surface area contributed by atoms with E-state index in [0.717, 1.165) is 0 Å². The molecule has 6 N–H and O–H groups in total. The van der Waals surface area contributed by atoms with E-state index < -0.39 is 77.3 Å². The number of ether oxygens (including phenoxy) is 3. The minimum absolute atomic E-state index is 0.0517. The van der Waals surface area contributed by atoms with Crippen molar-refractivity contribution >= 4 is 11.6 Å². The molecule has 2 aliphatic rings. The first kappa shape index (κ1) is 23.0. The van der Waals surface area contributed by atoms with E-state index in [1.54, 1.807) is 0 Å². The number of carbonyl (C=O) groups is 2. The number of ketones is 2. The standard InChI is InChI=1S/C22H22O11/c1-7-14(24)12-13(15(25)8-4-3-5-9(31-2)11(8)17(12)27)18(28)21(7)33-22-20(30)19(29)16(26)10(6-23)32-22/h3-5,10,16,19-20,22-24,26,28-30H,6H2,1-2H3/t10-,16-,19-,20+,22-/m0/s1. The lowest BCUT2D eigenvalue weighted by Crippen LogP contribution is -2.60. The molecular weight excluding hydrogens is 440 g/mol. The lowest BCUT2D eigenvalue weighted by Gasteiger charge is -2.39. The Morgan fingerprint density at radius 1 is 0.939 bits per heavy atom. The molecular formula is C22H22O11. The second kappa shape index (κ2) is 8.28. The van der Waals surface area contributed by atoms with Gasteiger partial charge >= 0.3 is 0 Å². The minimum Gasteiger partial charge on any atom is -0.507 e. The van der Waals surface area contributed by atoms with E-state index in [1.807, 2.05) is 0 Å². The fraction of sp³-hybridized carbons (Fsp3) is 0.364. The molecule has 2 aromatic rings. The highest BCUT2D eigenvalue weighted by atomic mass is 16.7. The molecule has 1 aliphatic heterocycles. The number of carbonyl (C=O) groups excluding carboxylic acids is 2. The molecule has 33 heavy (non-hydrogen) atoms. The number of hydrogen-bond acceptors (Lipinski definition) is 11. The summed E-state index contributed by atoms with van der Waals surface area (Å²) in [6, 6.07) is 4.34. The highest BCUT2D eigenvalue weighted by Gasteiger charge is 2.46. The Bertz CT molecular complexity index is 1140. The number of methoxy groups -OCH3 is 1. The first-order valence-electron chi connectivity index (χ1n) is 9.96. The minimum atomic E-state index is -1.80. The molecule has 1 heterocycles. The number of aromatic hydroxyl groups is 2. The molecule has 11 nitrogen and oxygen atoms in total. The number of fused-ring (bicyclic) bond motifs is 2. The van der Waals surface area contributed by atoms with Gasteiger partial charge < -0.3 is 44.8 Å². The van der Waals surface area contributed by atoms with Crippen LogP contribution in [0.5, 0.6) is 23.0 Å². The first-order valence-corrected chi connectivity index (χ1v) is 9.96. The monoisotopic (exact) mass is 462 g/mol. The third kappa shape index (κ3) is 3.33. The maximum Gasteiger partial charge on any atom is 0.229 e. The van der Waals surface area contributed by atoms with E-state index in [4.69, 9.17) is 14.2 Å². The summed E-state index contributed by atoms with van der Waals surface area (Å²) >= 11 is 0. The fourth-order valence-electron chi connectivity index (χ4n) is 4.07. The number of phenolic OH excluding ortho intramolecular Hbond substituents is 2. The van der Waals surface area contributed by atoms with Gasteiger partial charge in [-0.15, -0.1) is 0 Å². The Hall–Kier alpha value is -3.22. The Labute approximate surface area is 187 Å². The molecule has 0 bridgehead atoms. The highest BCUT2D eigenvalue weighted by Crippen LogP contribution is 2.48. The van der Waals surface area contributed by atoms with Gasteiger partial charge in [-0.2, -0.15) is 0 Å². The maximum atomic E-state index is 13.2. The van der Waals surface area contributed by atoms with Crippen LogP contribution in [0.4, 0.5) is 0 Å². The SMILES string of the molecule is COc1cccc2c1C(=O)c1c(O)c(C)c(O[C@@H]3O[C@@H](CO)[C@H](O)[C@H](O)[C@H]3O)c(O)c1C2=O. The van der Waals surface area contributed by atoms with Gasteiger partial charge in [-0.05, 0) is 13.0 Å². The summed E-state index contributed by atoms with van der Waals surface area (Å²) in [6.07, 6.45) is -8.17. The quantitative estimate of drug-likeness (QED) is 0.271. The number of aliphatic hydroxyl groups is 4. The van der Waals surface area contributed by atoms with Gasteiger partial charge in [0.15, 0.2) is 17.3 Å². The molecule has 4 rings (SSSR count). The molecule has 11 heteroatoms. The van der Waals surface area contributed by atoms with Crippen molar-refractivity contribution in [3.8, 4) is 23.0 Å². The summed E-state index contributed by atoms with van der Waals surface area (Å²) in [4.78, 5) is 26.4. The van der Waals surface area contributed by atoms with Crippen LogP contribution in [0.2, 0.25) is 0 Å². The van der Waals surface area contributed by atoms with Crippen molar-refractivity contribution in [1.82, 2.24) is 0 Å². The van der Waals surface area contributed by atoms with Crippen molar-refractivity contribution in [2.24, 2.45) is 0 Å². The van der Waals surface area contributed by atoms with Crippen molar-refractivity contribution in [2.45, 2.75) is 37.6 Å². The van der Waals surface area contributed by atoms with Gasteiger partial charge in [0.25, 0.3) is 0 Å². The number of benzene rings is 2. The largest absolute Gasteiger partial charge is 0.507 e.